The van der Waals surface area contributed by atoms with Crippen molar-refractivity contribution in [3.8, 4) is 0 Å². The monoisotopic (exact) mass is 334 g/mol. The minimum atomic E-state index is -1.20. The summed E-state index contributed by atoms with van der Waals surface area (Å²) in [7, 11) is 1.40. The van der Waals surface area contributed by atoms with Crippen LogP contribution in [0.25, 0.3) is 11.1 Å². The lowest BCUT2D eigenvalue weighted by atomic mass is 10.1. The number of hydrogen-bond donors (Lipinski definition) is 1. The molecule has 3 rings (SSSR count). The molecule has 0 saturated heterocycles. The van der Waals surface area contributed by atoms with E-state index in [4.69, 9.17) is 20.8 Å². The number of alkyl carbamates (subject to hydrolysis) is 1. The van der Waals surface area contributed by atoms with Crippen LogP contribution < -0.4 is 5.32 Å². The number of hydrogen-bond acceptors (Lipinski definition) is 4. The maximum absolute atomic E-state index is 14.2. The van der Waals surface area contributed by atoms with Crippen LogP contribution in [-0.2, 0) is 4.74 Å². The van der Waals surface area contributed by atoms with Crippen LogP contribution in [0.2, 0.25) is 5.02 Å². The molecule has 3 aromatic rings. The van der Waals surface area contributed by atoms with Crippen molar-refractivity contribution >= 4 is 28.8 Å². The predicted molar refractivity (Wildman–Crippen MR) is 82.8 cm³/mol. The highest BCUT2D eigenvalue weighted by Gasteiger charge is 2.29. The van der Waals surface area contributed by atoms with Crippen molar-refractivity contribution in [3.63, 3.8) is 0 Å². The molecule has 0 fully saturated rings. The molecular weight excluding hydrogens is 323 g/mol. The lowest BCUT2D eigenvalue weighted by Crippen LogP contribution is -2.23. The van der Waals surface area contributed by atoms with E-state index in [1.807, 2.05) is 0 Å². The van der Waals surface area contributed by atoms with Gasteiger partial charge in [0.15, 0.2) is 5.58 Å². The average Bonchev–Trinajstić information content (AvgIpc) is 2.97. The number of fused-ring (bicyclic) bond motifs is 1. The molecule has 1 amide bonds. The number of benzene rings is 2. The molecule has 1 unspecified atom stereocenters. The van der Waals surface area contributed by atoms with Crippen molar-refractivity contribution in [2.75, 3.05) is 7.05 Å². The summed E-state index contributed by atoms with van der Waals surface area (Å²) < 4.78 is 25.1. The van der Waals surface area contributed by atoms with Gasteiger partial charge in [-0.3, -0.25) is 0 Å². The summed E-state index contributed by atoms with van der Waals surface area (Å²) in [6.45, 7) is 0. The number of halogens is 2. The minimum Gasteiger partial charge on any atom is -0.436 e. The first-order valence-electron chi connectivity index (χ1n) is 6.78. The van der Waals surface area contributed by atoms with Gasteiger partial charge in [0.25, 0.3) is 0 Å². The molecule has 0 aliphatic heterocycles. The van der Waals surface area contributed by atoms with E-state index < -0.39 is 18.0 Å². The lowest BCUT2D eigenvalue weighted by Gasteiger charge is -2.16. The lowest BCUT2D eigenvalue weighted by molar-refractivity contribution is 0.103. The zero-order valence-corrected chi connectivity index (χ0v) is 12.8. The van der Waals surface area contributed by atoms with Gasteiger partial charge in [-0.05, 0) is 24.3 Å². The average molecular weight is 335 g/mol. The summed E-state index contributed by atoms with van der Waals surface area (Å²) >= 11 is 6.08. The summed E-state index contributed by atoms with van der Waals surface area (Å²) in [5.74, 6) is -0.574. The number of carbonyl (C=O) groups excluding carboxylic acids is 1. The van der Waals surface area contributed by atoms with Gasteiger partial charge in [0.1, 0.15) is 11.3 Å². The zero-order chi connectivity index (χ0) is 16.4. The van der Waals surface area contributed by atoms with Gasteiger partial charge < -0.3 is 14.5 Å². The Bertz CT molecular complexity index is 812. The first kappa shape index (κ1) is 15.3. The van der Waals surface area contributed by atoms with Gasteiger partial charge in [-0.1, -0.05) is 29.8 Å². The Balaban J connectivity index is 2.13. The number of oxazole rings is 1. The molecule has 1 atom stereocenters. The number of nitrogens with one attached hydrogen (secondary N) is 1. The third-order valence-electron chi connectivity index (χ3n) is 3.23. The molecule has 0 radical (unpaired) electrons. The van der Waals surface area contributed by atoms with Gasteiger partial charge in [0.2, 0.25) is 12.0 Å². The van der Waals surface area contributed by atoms with Crippen LogP contribution in [-0.4, -0.2) is 18.1 Å². The first-order valence-corrected chi connectivity index (χ1v) is 7.15. The normalized spacial score (nSPS) is 12.1. The fraction of sp³-hybridized carbons (Fsp3) is 0.125. The number of para-hydroxylation sites is 2. The summed E-state index contributed by atoms with van der Waals surface area (Å²) in [4.78, 5) is 15.9. The fourth-order valence-electron chi connectivity index (χ4n) is 2.16. The third kappa shape index (κ3) is 2.98. The van der Waals surface area contributed by atoms with E-state index in [1.165, 1.54) is 25.2 Å². The van der Waals surface area contributed by atoms with Crippen molar-refractivity contribution in [1.82, 2.24) is 10.3 Å². The second-order valence-corrected chi connectivity index (χ2v) is 5.10. The van der Waals surface area contributed by atoms with Gasteiger partial charge in [-0.2, -0.15) is 0 Å². The molecule has 0 aliphatic carbocycles. The highest BCUT2D eigenvalue weighted by Crippen LogP contribution is 2.34. The molecule has 2 aromatic carbocycles. The van der Waals surface area contributed by atoms with Gasteiger partial charge in [0.05, 0.1) is 10.6 Å². The van der Waals surface area contributed by atoms with Crippen LogP contribution in [0.1, 0.15) is 17.6 Å². The predicted octanol–water partition coefficient (Wildman–Crippen LogP) is 4.07. The Labute approximate surface area is 136 Å². The Morgan fingerprint density at radius 3 is 2.78 bits per heavy atom. The van der Waals surface area contributed by atoms with E-state index in [2.05, 4.69) is 10.3 Å². The summed E-state index contributed by atoms with van der Waals surface area (Å²) in [5.41, 5.74) is 1.06. The zero-order valence-electron chi connectivity index (χ0n) is 12.0. The number of carbonyl (C=O) groups is 1. The Kier molecular flexibility index (Phi) is 4.16. The van der Waals surface area contributed by atoms with Gasteiger partial charge in [-0.15, -0.1) is 0 Å². The van der Waals surface area contributed by atoms with Crippen LogP contribution in [0, 0.1) is 5.82 Å². The molecule has 5 nitrogen and oxygen atoms in total. The van der Waals surface area contributed by atoms with E-state index in [9.17, 15) is 9.18 Å². The van der Waals surface area contributed by atoms with Gasteiger partial charge >= 0.3 is 6.09 Å². The second-order valence-electron chi connectivity index (χ2n) is 4.69. The molecule has 0 spiro atoms. The summed E-state index contributed by atoms with van der Waals surface area (Å²) in [6, 6.07) is 11.2. The Morgan fingerprint density at radius 2 is 2.09 bits per heavy atom. The molecule has 0 aliphatic rings. The molecule has 1 N–H and O–H groups in total. The molecule has 118 valence electrons. The van der Waals surface area contributed by atoms with Crippen molar-refractivity contribution in [3.05, 3.63) is 64.8 Å². The van der Waals surface area contributed by atoms with Crippen LogP contribution in [0.3, 0.4) is 0 Å². The molecule has 1 heterocycles. The third-order valence-corrected chi connectivity index (χ3v) is 3.56. The smallest absolute Gasteiger partial charge is 0.408 e. The fourth-order valence-corrected chi connectivity index (χ4v) is 2.42. The number of aromatic nitrogens is 1. The van der Waals surface area contributed by atoms with Crippen LogP contribution in [0.5, 0.6) is 0 Å². The molecule has 0 bridgehead atoms. The largest absolute Gasteiger partial charge is 0.436 e. The van der Waals surface area contributed by atoms with E-state index >= 15 is 0 Å². The number of rotatable bonds is 3. The first-order chi connectivity index (χ1) is 11.1. The van der Waals surface area contributed by atoms with Crippen LogP contribution >= 0.6 is 11.6 Å². The highest BCUT2D eigenvalue weighted by atomic mass is 35.5. The van der Waals surface area contributed by atoms with Gasteiger partial charge in [-0.25, -0.2) is 14.2 Å². The molecule has 23 heavy (non-hydrogen) atoms. The molecular formula is C16H12ClFN2O3. The number of amides is 1. The maximum atomic E-state index is 14.2. The topological polar surface area (TPSA) is 64.4 Å². The van der Waals surface area contributed by atoms with Crippen LogP contribution in [0.4, 0.5) is 9.18 Å². The van der Waals surface area contributed by atoms with Gasteiger partial charge in [0, 0.05) is 7.05 Å². The second kappa shape index (κ2) is 6.26. The SMILES string of the molecule is CNC(=O)OC(c1nc2ccccc2o1)c1c(F)cccc1Cl. The Morgan fingerprint density at radius 1 is 1.30 bits per heavy atom. The minimum absolute atomic E-state index is 0.00989. The molecule has 7 heteroatoms. The maximum Gasteiger partial charge on any atom is 0.408 e. The van der Waals surface area contributed by atoms with Crippen molar-refractivity contribution in [2.45, 2.75) is 6.10 Å². The van der Waals surface area contributed by atoms with E-state index in [0.717, 1.165) is 0 Å². The Hall–Kier alpha value is -2.60. The summed E-state index contributed by atoms with van der Waals surface area (Å²) in [6.07, 6.45) is -1.95. The molecule has 1 aromatic heterocycles. The van der Waals surface area contributed by atoms with E-state index in [-0.39, 0.29) is 16.5 Å². The number of ether oxygens (including phenoxy) is 1. The van der Waals surface area contributed by atoms with E-state index in [1.54, 1.807) is 24.3 Å². The standard InChI is InChI=1S/C16H12ClFN2O3/c1-19-16(21)23-14(13-9(17)5-4-6-10(13)18)15-20-11-7-2-3-8-12(11)22-15/h2-8,14H,1H3,(H,19,21). The van der Waals surface area contributed by atoms with E-state index in [0.29, 0.717) is 11.1 Å². The van der Waals surface area contributed by atoms with Crippen molar-refractivity contribution in [2.24, 2.45) is 0 Å². The highest BCUT2D eigenvalue weighted by molar-refractivity contribution is 6.31. The van der Waals surface area contributed by atoms with Crippen LogP contribution in [0.15, 0.2) is 46.9 Å². The van der Waals surface area contributed by atoms with Crippen molar-refractivity contribution < 1.29 is 18.3 Å². The van der Waals surface area contributed by atoms with Crippen molar-refractivity contribution in [1.29, 1.82) is 0 Å². The summed E-state index contributed by atoms with van der Waals surface area (Å²) in [5, 5.41) is 2.42. The molecule has 0 saturated carbocycles. The quantitative estimate of drug-likeness (QED) is 0.784. The number of nitrogens with zero attached hydrogens (tertiary/aromatic N) is 1.